The first-order chi connectivity index (χ1) is 11.2. The second-order valence-electron chi connectivity index (χ2n) is 5.36. The Balaban J connectivity index is 1.60. The molecule has 1 amide bonds. The molecule has 1 aliphatic carbocycles. The molecule has 7 heteroatoms. The molecule has 0 radical (unpaired) electrons. The van der Waals surface area contributed by atoms with Gasteiger partial charge in [-0.2, -0.15) is 0 Å². The number of nitrogens with one attached hydrogen (secondary N) is 1. The molecular formula is C16H17ClN4OS. The molecule has 3 rings (SSSR count). The van der Waals surface area contributed by atoms with E-state index in [1.807, 2.05) is 10.6 Å². The Morgan fingerprint density at radius 2 is 2.13 bits per heavy atom. The molecule has 0 unspecified atom stereocenters. The molecule has 2 aromatic rings. The predicted molar refractivity (Wildman–Crippen MR) is 93.0 cm³/mol. The Bertz CT molecular complexity index is 709. The zero-order valence-corrected chi connectivity index (χ0v) is 14.1. The second-order valence-corrected chi connectivity index (χ2v) is 6.74. The zero-order valence-electron chi connectivity index (χ0n) is 12.5. The van der Waals surface area contributed by atoms with Crippen LogP contribution in [0.5, 0.6) is 0 Å². The number of hydrogen-bond acceptors (Lipinski definition) is 4. The van der Waals surface area contributed by atoms with Crippen molar-refractivity contribution in [1.29, 1.82) is 0 Å². The first-order valence-electron chi connectivity index (χ1n) is 7.39. The van der Waals surface area contributed by atoms with E-state index in [0.29, 0.717) is 17.5 Å². The van der Waals surface area contributed by atoms with E-state index in [0.717, 1.165) is 29.5 Å². The van der Waals surface area contributed by atoms with Crippen molar-refractivity contribution >= 4 is 35.0 Å². The molecule has 1 heterocycles. The summed E-state index contributed by atoms with van der Waals surface area (Å²) in [5, 5.41) is 12.7. The van der Waals surface area contributed by atoms with E-state index in [2.05, 4.69) is 22.1 Å². The summed E-state index contributed by atoms with van der Waals surface area (Å²) >= 11 is 7.21. The van der Waals surface area contributed by atoms with Gasteiger partial charge in [-0.1, -0.05) is 29.4 Å². The molecule has 23 heavy (non-hydrogen) atoms. The number of nitrogens with zero attached hydrogens (tertiary/aromatic N) is 3. The van der Waals surface area contributed by atoms with Gasteiger partial charge < -0.3 is 9.88 Å². The van der Waals surface area contributed by atoms with Crippen LogP contribution in [0.15, 0.2) is 42.1 Å². The summed E-state index contributed by atoms with van der Waals surface area (Å²) in [5.74, 6) is 1.71. The molecule has 1 saturated carbocycles. The van der Waals surface area contributed by atoms with Crippen LogP contribution in [-0.4, -0.2) is 26.4 Å². The molecule has 0 aliphatic heterocycles. The average molecular weight is 349 g/mol. The maximum Gasteiger partial charge on any atom is 0.234 e. The van der Waals surface area contributed by atoms with E-state index in [-0.39, 0.29) is 11.7 Å². The fraction of sp³-hybridized carbons (Fsp3) is 0.312. The van der Waals surface area contributed by atoms with E-state index in [1.54, 1.807) is 24.3 Å². The second kappa shape index (κ2) is 7.19. The van der Waals surface area contributed by atoms with Crippen LogP contribution in [0.3, 0.4) is 0 Å². The molecule has 0 spiro atoms. The van der Waals surface area contributed by atoms with Crippen LogP contribution in [0.25, 0.3) is 0 Å². The summed E-state index contributed by atoms with van der Waals surface area (Å²) in [7, 11) is 0. The van der Waals surface area contributed by atoms with Gasteiger partial charge in [-0.25, -0.2) is 0 Å². The van der Waals surface area contributed by atoms with Gasteiger partial charge in [0, 0.05) is 23.2 Å². The Hall–Kier alpha value is -1.79. The van der Waals surface area contributed by atoms with Crippen LogP contribution < -0.4 is 5.32 Å². The van der Waals surface area contributed by atoms with Crippen molar-refractivity contribution in [3.63, 3.8) is 0 Å². The standard InChI is InChI=1S/C16H17ClN4OS/c1-2-9-21-15(11-3-4-11)19-20-16(21)23-10-14(22)18-13-7-5-12(17)6-8-13/h2,5-8,11H,1,3-4,9-10H2,(H,18,22). The third-order valence-electron chi connectivity index (χ3n) is 3.46. The minimum Gasteiger partial charge on any atom is -0.325 e. The molecular weight excluding hydrogens is 332 g/mol. The topological polar surface area (TPSA) is 59.8 Å². The summed E-state index contributed by atoms with van der Waals surface area (Å²) in [6.07, 6.45) is 4.15. The summed E-state index contributed by atoms with van der Waals surface area (Å²) in [5.41, 5.74) is 0.728. The third-order valence-corrected chi connectivity index (χ3v) is 4.68. The Labute approximate surface area is 144 Å². The van der Waals surface area contributed by atoms with Crippen LogP contribution in [0, 0.1) is 0 Å². The van der Waals surface area contributed by atoms with Crippen molar-refractivity contribution in [2.75, 3.05) is 11.1 Å². The first-order valence-corrected chi connectivity index (χ1v) is 8.76. The van der Waals surface area contributed by atoms with Crippen molar-refractivity contribution < 1.29 is 4.79 Å². The van der Waals surface area contributed by atoms with Crippen molar-refractivity contribution in [1.82, 2.24) is 14.8 Å². The van der Waals surface area contributed by atoms with Gasteiger partial charge in [0.1, 0.15) is 5.82 Å². The van der Waals surface area contributed by atoms with Crippen LogP contribution in [-0.2, 0) is 11.3 Å². The fourth-order valence-corrected chi connectivity index (χ4v) is 3.09. The molecule has 1 aromatic carbocycles. The maximum atomic E-state index is 12.1. The quantitative estimate of drug-likeness (QED) is 0.612. The number of carbonyl (C=O) groups excluding carboxylic acids is 1. The molecule has 1 fully saturated rings. The zero-order chi connectivity index (χ0) is 16.2. The first kappa shape index (κ1) is 16.1. The normalized spacial score (nSPS) is 13.8. The number of allylic oxidation sites excluding steroid dienone is 1. The summed E-state index contributed by atoms with van der Waals surface area (Å²) < 4.78 is 2.05. The van der Waals surface area contributed by atoms with Crippen LogP contribution in [0.1, 0.15) is 24.6 Å². The molecule has 1 aliphatic rings. The SMILES string of the molecule is C=CCn1c(SCC(=O)Nc2ccc(Cl)cc2)nnc1C1CC1. The smallest absolute Gasteiger partial charge is 0.234 e. The minimum atomic E-state index is -0.0848. The molecule has 0 saturated heterocycles. The largest absolute Gasteiger partial charge is 0.325 e. The van der Waals surface area contributed by atoms with Crippen molar-refractivity contribution in [3.05, 3.63) is 47.8 Å². The molecule has 0 bridgehead atoms. The number of rotatable bonds is 7. The highest BCUT2D eigenvalue weighted by Crippen LogP contribution is 2.40. The van der Waals surface area contributed by atoms with Crippen LogP contribution in [0.2, 0.25) is 5.02 Å². The number of anilines is 1. The van der Waals surface area contributed by atoms with E-state index in [4.69, 9.17) is 11.6 Å². The van der Waals surface area contributed by atoms with E-state index >= 15 is 0 Å². The summed E-state index contributed by atoms with van der Waals surface area (Å²) in [4.78, 5) is 12.1. The van der Waals surface area contributed by atoms with Gasteiger partial charge in [-0.15, -0.1) is 16.8 Å². The number of thioether (sulfide) groups is 1. The lowest BCUT2D eigenvalue weighted by Crippen LogP contribution is -2.14. The maximum absolute atomic E-state index is 12.1. The highest BCUT2D eigenvalue weighted by atomic mass is 35.5. The van der Waals surface area contributed by atoms with Crippen LogP contribution in [0.4, 0.5) is 5.69 Å². The predicted octanol–water partition coefficient (Wildman–Crippen LogP) is 3.73. The van der Waals surface area contributed by atoms with Gasteiger partial charge >= 0.3 is 0 Å². The third kappa shape index (κ3) is 4.14. The van der Waals surface area contributed by atoms with Gasteiger partial charge in [0.2, 0.25) is 5.91 Å². The number of aromatic nitrogens is 3. The van der Waals surface area contributed by atoms with Crippen LogP contribution >= 0.6 is 23.4 Å². The molecule has 0 atom stereocenters. The molecule has 5 nitrogen and oxygen atoms in total. The summed E-state index contributed by atoms with van der Waals surface area (Å²) in [6, 6.07) is 7.03. The Morgan fingerprint density at radius 1 is 1.39 bits per heavy atom. The lowest BCUT2D eigenvalue weighted by molar-refractivity contribution is -0.113. The lowest BCUT2D eigenvalue weighted by Gasteiger charge is -2.07. The van der Waals surface area contributed by atoms with E-state index in [1.165, 1.54) is 11.8 Å². The molecule has 120 valence electrons. The van der Waals surface area contributed by atoms with Crippen molar-refractivity contribution in [2.45, 2.75) is 30.5 Å². The number of halogens is 1. The number of benzene rings is 1. The Morgan fingerprint density at radius 3 is 2.78 bits per heavy atom. The Kier molecular flexibility index (Phi) is 5.03. The van der Waals surface area contributed by atoms with Crippen molar-refractivity contribution in [2.24, 2.45) is 0 Å². The van der Waals surface area contributed by atoms with E-state index < -0.39 is 0 Å². The van der Waals surface area contributed by atoms with Gasteiger partial charge in [0.05, 0.1) is 5.75 Å². The minimum absolute atomic E-state index is 0.0848. The number of hydrogen-bond donors (Lipinski definition) is 1. The van der Waals surface area contributed by atoms with Gasteiger partial charge in [0.15, 0.2) is 5.16 Å². The van der Waals surface area contributed by atoms with Crippen molar-refractivity contribution in [3.8, 4) is 0 Å². The molecule has 1 N–H and O–H groups in total. The average Bonchev–Trinajstić information content (AvgIpc) is 3.30. The van der Waals surface area contributed by atoms with E-state index in [9.17, 15) is 4.79 Å². The fourth-order valence-electron chi connectivity index (χ4n) is 2.21. The monoisotopic (exact) mass is 348 g/mol. The molecule has 1 aromatic heterocycles. The number of carbonyl (C=O) groups is 1. The van der Waals surface area contributed by atoms with Gasteiger partial charge in [-0.05, 0) is 37.1 Å². The van der Waals surface area contributed by atoms with Gasteiger partial charge in [0.25, 0.3) is 0 Å². The van der Waals surface area contributed by atoms with Gasteiger partial charge in [-0.3, -0.25) is 4.79 Å². The summed E-state index contributed by atoms with van der Waals surface area (Å²) in [6.45, 7) is 4.45. The highest BCUT2D eigenvalue weighted by molar-refractivity contribution is 7.99. The highest BCUT2D eigenvalue weighted by Gasteiger charge is 2.30. The number of amides is 1. The lowest BCUT2D eigenvalue weighted by atomic mass is 10.3.